The second-order valence-corrected chi connectivity index (χ2v) is 3.65. The van der Waals surface area contributed by atoms with Gasteiger partial charge in [-0.3, -0.25) is 5.01 Å². The molecule has 0 fully saturated rings. The largest absolute Gasteiger partial charge is 0.278 e. The van der Waals surface area contributed by atoms with Crippen molar-refractivity contribution in [3.05, 3.63) is 34.9 Å². The normalized spacial score (nSPS) is 20.2. The van der Waals surface area contributed by atoms with Gasteiger partial charge < -0.3 is 0 Å². The van der Waals surface area contributed by atoms with E-state index in [1.54, 1.807) is 5.01 Å². The molecule has 1 aromatic carbocycles. The van der Waals surface area contributed by atoms with Gasteiger partial charge in [0.1, 0.15) is 5.50 Å². The summed E-state index contributed by atoms with van der Waals surface area (Å²) in [6.07, 6.45) is 1.86. The van der Waals surface area contributed by atoms with E-state index in [4.69, 9.17) is 11.6 Å². The van der Waals surface area contributed by atoms with Crippen molar-refractivity contribution in [3.8, 4) is 0 Å². The predicted molar refractivity (Wildman–Crippen MR) is 55.1 cm³/mol. The summed E-state index contributed by atoms with van der Waals surface area (Å²) >= 11 is 6.18. The zero-order valence-electron chi connectivity index (χ0n) is 7.66. The highest BCUT2D eigenvalue weighted by Crippen LogP contribution is 2.30. The van der Waals surface area contributed by atoms with Crippen LogP contribution in [0, 0.1) is 6.92 Å². The van der Waals surface area contributed by atoms with Gasteiger partial charge in [0.2, 0.25) is 0 Å². The van der Waals surface area contributed by atoms with Gasteiger partial charge in [0.25, 0.3) is 0 Å². The zero-order chi connectivity index (χ0) is 9.42. The average Bonchev–Trinajstić information content (AvgIpc) is 2.12. The zero-order valence-corrected chi connectivity index (χ0v) is 8.42. The van der Waals surface area contributed by atoms with Crippen LogP contribution in [0.5, 0.6) is 0 Å². The minimum atomic E-state index is -0.139. The van der Waals surface area contributed by atoms with E-state index in [0.717, 1.165) is 11.1 Å². The summed E-state index contributed by atoms with van der Waals surface area (Å²) in [6.45, 7) is 2.07. The van der Waals surface area contributed by atoms with Crippen LogP contribution in [0.25, 0.3) is 0 Å². The summed E-state index contributed by atoms with van der Waals surface area (Å²) in [5.74, 6) is 0. The third-order valence-electron chi connectivity index (χ3n) is 2.31. The molecule has 0 N–H and O–H groups in total. The molecule has 0 aromatic heterocycles. The molecule has 0 radical (unpaired) electrons. The average molecular weight is 195 g/mol. The van der Waals surface area contributed by atoms with Gasteiger partial charge in [-0.05, 0) is 12.5 Å². The van der Waals surface area contributed by atoms with Gasteiger partial charge in [-0.25, -0.2) is 0 Å². The monoisotopic (exact) mass is 194 g/mol. The molecule has 0 bridgehead atoms. The lowest BCUT2D eigenvalue weighted by Gasteiger charge is -2.26. The second-order valence-electron chi connectivity index (χ2n) is 3.23. The molecule has 0 aliphatic carbocycles. The van der Waals surface area contributed by atoms with Crippen molar-refractivity contribution in [2.24, 2.45) is 5.10 Å². The highest BCUT2D eigenvalue weighted by Gasteiger charge is 2.19. The van der Waals surface area contributed by atoms with Gasteiger partial charge in [0.05, 0.1) is 6.21 Å². The van der Waals surface area contributed by atoms with E-state index in [-0.39, 0.29) is 5.50 Å². The Morgan fingerprint density at radius 1 is 1.46 bits per heavy atom. The first-order chi connectivity index (χ1) is 6.20. The van der Waals surface area contributed by atoms with E-state index in [0.29, 0.717) is 0 Å². The molecule has 1 aliphatic heterocycles. The molecule has 0 spiro atoms. The van der Waals surface area contributed by atoms with Crippen LogP contribution in [0.1, 0.15) is 22.2 Å². The van der Waals surface area contributed by atoms with Crippen molar-refractivity contribution in [1.82, 2.24) is 5.01 Å². The summed E-state index contributed by atoms with van der Waals surface area (Å²) in [7, 11) is 1.87. The van der Waals surface area contributed by atoms with Gasteiger partial charge in [0.15, 0.2) is 0 Å². The SMILES string of the molecule is Cc1cccc2c1C=NN(C)C2Cl. The van der Waals surface area contributed by atoms with Crippen molar-refractivity contribution in [3.63, 3.8) is 0 Å². The Balaban J connectivity index is 2.58. The van der Waals surface area contributed by atoms with Gasteiger partial charge in [0, 0.05) is 18.2 Å². The first-order valence-corrected chi connectivity index (χ1v) is 4.64. The number of hydrogen-bond donors (Lipinski definition) is 0. The number of alkyl halides is 1. The van der Waals surface area contributed by atoms with Gasteiger partial charge in [-0.2, -0.15) is 5.10 Å². The Morgan fingerprint density at radius 3 is 3.00 bits per heavy atom. The molecule has 0 saturated carbocycles. The Bertz CT molecular complexity index is 360. The van der Waals surface area contributed by atoms with Crippen molar-refractivity contribution >= 4 is 17.8 Å². The van der Waals surface area contributed by atoms with Crippen LogP contribution < -0.4 is 0 Å². The van der Waals surface area contributed by atoms with Crippen LogP contribution >= 0.6 is 11.6 Å². The molecular weight excluding hydrogens is 184 g/mol. The lowest BCUT2D eigenvalue weighted by Crippen LogP contribution is -2.20. The maximum atomic E-state index is 6.18. The molecule has 3 heteroatoms. The summed E-state index contributed by atoms with van der Waals surface area (Å²) < 4.78 is 0. The lowest BCUT2D eigenvalue weighted by molar-refractivity contribution is 0.327. The first-order valence-electron chi connectivity index (χ1n) is 4.20. The van der Waals surface area contributed by atoms with Crippen molar-refractivity contribution in [1.29, 1.82) is 0 Å². The smallest absolute Gasteiger partial charge is 0.146 e. The number of aryl methyl sites for hydroxylation is 1. The van der Waals surface area contributed by atoms with E-state index in [1.807, 2.05) is 25.4 Å². The Hall–Kier alpha value is -1.02. The molecular formula is C10H11ClN2. The quantitative estimate of drug-likeness (QED) is 0.458. The maximum Gasteiger partial charge on any atom is 0.146 e. The van der Waals surface area contributed by atoms with E-state index < -0.39 is 0 Å². The summed E-state index contributed by atoms with van der Waals surface area (Å²) in [5, 5.41) is 5.94. The molecule has 1 aliphatic rings. The number of hydrazone groups is 1. The summed E-state index contributed by atoms with van der Waals surface area (Å²) in [6, 6.07) is 6.14. The minimum Gasteiger partial charge on any atom is -0.278 e. The van der Waals surface area contributed by atoms with Crippen molar-refractivity contribution < 1.29 is 0 Å². The van der Waals surface area contributed by atoms with Crippen LogP contribution in [0.15, 0.2) is 23.3 Å². The molecule has 2 rings (SSSR count). The van der Waals surface area contributed by atoms with Gasteiger partial charge in [-0.15, -0.1) is 0 Å². The van der Waals surface area contributed by atoms with Crippen molar-refractivity contribution in [2.75, 3.05) is 7.05 Å². The van der Waals surface area contributed by atoms with Crippen LogP contribution in [-0.4, -0.2) is 18.3 Å². The number of fused-ring (bicyclic) bond motifs is 1. The molecule has 68 valence electrons. The number of halogens is 1. The lowest BCUT2D eigenvalue weighted by atomic mass is 10.0. The van der Waals surface area contributed by atoms with E-state index in [9.17, 15) is 0 Å². The third kappa shape index (κ3) is 1.31. The minimum absolute atomic E-state index is 0.139. The Morgan fingerprint density at radius 2 is 2.23 bits per heavy atom. The Labute approximate surface area is 82.8 Å². The van der Waals surface area contributed by atoms with E-state index >= 15 is 0 Å². The first kappa shape index (κ1) is 8.57. The fourth-order valence-corrected chi connectivity index (χ4v) is 1.74. The molecule has 0 amide bonds. The number of rotatable bonds is 0. The molecule has 1 atom stereocenters. The Kier molecular flexibility index (Phi) is 2.00. The molecule has 1 heterocycles. The second kappa shape index (κ2) is 3.04. The summed E-state index contributed by atoms with van der Waals surface area (Å²) in [5.41, 5.74) is 3.37. The predicted octanol–water partition coefficient (Wildman–Crippen LogP) is 2.51. The van der Waals surface area contributed by atoms with Crippen LogP contribution in [0.4, 0.5) is 0 Å². The molecule has 1 aromatic rings. The fraction of sp³-hybridized carbons (Fsp3) is 0.300. The maximum absolute atomic E-state index is 6.18. The number of nitrogens with zero attached hydrogens (tertiary/aromatic N) is 2. The summed E-state index contributed by atoms with van der Waals surface area (Å²) in [4.78, 5) is 0. The highest BCUT2D eigenvalue weighted by molar-refractivity contribution is 6.21. The molecule has 1 unspecified atom stereocenters. The highest BCUT2D eigenvalue weighted by atomic mass is 35.5. The number of hydrogen-bond acceptors (Lipinski definition) is 2. The molecule has 2 nitrogen and oxygen atoms in total. The van der Waals surface area contributed by atoms with Crippen molar-refractivity contribution in [2.45, 2.75) is 12.4 Å². The van der Waals surface area contributed by atoms with Gasteiger partial charge in [-0.1, -0.05) is 29.8 Å². The standard InChI is InChI=1S/C10H11ClN2/c1-7-4-3-5-8-9(7)6-12-13(2)10(8)11/h3-6,10H,1-2H3. The molecule has 13 heavy (non-hydrogen) atoms. The van der Waals surface area contributed by atoms with E-state index in [1.165, 1.54) is 5.56 Å². The third-order valence-corrected chi connectivity index (χ3v) is 2.83. The van der Waals surface area contributed by atoms with Crippen LogP contribution in [0.2, 0.25) is 0 Å². The fourth-order valence-electron chi connectivity index (χ4n) is 1.50. The topological polar surface area (TPSA) is 15.6 Å². The van der Waals surface area contributed by atoms with Crippen LogP contribution in [-0.2, 0) is 0 Å². The van der Waals surface area contributed by atoms with Crippen LogP contribution in [0.3, 0.4) is 0 Å². The van der Waals surface area contributed by atoms with E-state index in [2.05, 4.69) is 18.1 Å². The van der Waals surface area contributed by atoms with Gasteiger partial charge >= 0.3 is 0 Å². The molecule has 0 saturated heterocycles. The number of benzene rings is 1.